The third kappa shape index (κ3) is 8.78. The maximum absolute atomic E-state index is 13.5. The Balaban J connectivity index is 1.41. The lowest BCUT2D eigenvalue weighted by Gasteiger charge is -2.34. The Kier molecular flexibility index (Phi) is 10.8. The largest absolute Gasteiger partial charge is 0.484 e. The normalized spacial score (nSPS) is 19.9. The summed E-state index contributed by atoms with van der Waals surface area (Å²) in [5.74, 6) is -5.24. The predicted octanol–water partition coefficient (Wildman–Crippen LogP) is 5.00. The lowest BCUT2D eigenvalue weighted by Crippen LogP contribution is -2.45. The minimum absolute atomic E-state index is 0.0719. The van der Waals surface area contributed by atoms with Crippen molar-refractivity contribution in [3.8, 4) is 11.5 Å². The molecule has 4 rings (SSSR count). The Morgan fingerprint density at radius 1 is 1.09 bits per heavy atom. The first-order valence-electron chi connectivity index (χ1n) is 14.4. The highest BCUT2D eigenvalue weighted by molar-refractivity contribution is 5.92. The number of rotatable bonds is 11. The molecule has 15 heteroatoms. The number of pyridine rings is 1. The van der Waals surface area contributed by atoms with Crippen LogP contribution in [0.4, 0.5) is 26.3 Å². The molecule has 0 bridgehead atoms. The number of amides is 3. The van der Waals surface area contributed by atoms with Gasteiger partial charge in [0.25, 0.3) is 12.3 Å². The number of benzene rings is 1. The minimum Gasteiger partial charge on any atom is -0.484 e. The van der Waals surface area contributed by atoms with Crippen LogP contribution in [0.15, 0.2) is 36.4 Å². The second kappa shape index (κ2) is 14.4. The van der Waals surface area contributed by atoms with Gasteiger partial charge in [-0.15, -0.1) is 0 Å². The fourth-order valence-electron chi connectivity index (χ4n) is 5.66. The number of aromatic nitrogens is 1. The van der Waals surface area contributed by atoms with Crippen molar-refractivity contribution in [1.82, 2.24) is 20.1 Å². The van der Waals surface area contributed by atoms with Gasteiger partial charge in [-0.25, -0.2) is 22.5 Å². The second-order valence-electron chi connectivity index (χ2n) is 11.1. The van der Waals surface area contributed by atoms with Crippen LogP contribution in [0.3, 0.4) is 0 Å². The predicted molar refractivity (Wildman–Crippen MR) is 148 cm³/mol. The first-order chi connectivity index (χ1) is 21.2. The van der Waals surface area contributed by atoms with Gasteiger partial charge in [0.1, 0.15) is 18.3 Å². The van der Waals surface area contributed by atoms with E-state index in [4.69, 9.17) is 4.74 Å². The van der Waals surface area contributed by atoms with E-state index in [2.05, 4.69) is 15.0 Å². The van der Waals surface area contributed by atoms with E-state index in [-0.39, 0.29) is 62.7 Å². The summed E-state index contributed by atoms with van der Waals surface area (Å²) in [6.07, 6.45) is -2.94. The SMILES string of the molecule is CC(=O)N1CC(c2ccc(OC(F)F)c(OCC(F)F)c2)C[C@@H]1C(=O)NCc1cccc(C(=O)N(C)C2CCC(F)(F)CC2)n1. The average molecular weight is 645 g/mol. The van der Waals surface area contributed by atoms with Crippen LogP contribution >= 0.6 is 0 Å². The number of likely N-dealkylation sites (tertiary alicyclic amines) is 1. The molecular formula is C30H34F6N4O5. The highest BCUT2D eigenvalue weighted by atomic mass is 19.3. The number of alkyl halides is 6. The van der Waals surface area contributed by atoms with Crippen LogP contribution in [0, 0.1) is 0 Å². The van der Waals surface area contributed by atoms with Crippen LogP contribution in [0.2, 0.25) is 0 Å². The molecule has 0 radical (unpaired) electrons. The monoisotopic (exact) mass is 644 g/mol. The number of carbonyl (C=O) groups is 3. The van der Waals surface area contributed by atoms with Crippen LogP contribution in [0.25, 0.3) is 0 Å². The molecule has 45 heavy (non-hydrogen) atoms. The Morgan fingerprint density at radius 2 is 1.80 bits per heavy atom. The van der Waals surface area contributed by atoms with E-state index in [1.165, 1.54) is 34.9 Å². The van der Waals surface area contributed by atoms with Crippen molar-refractivity contribution in [3.05, 3.63) is 53.3 Å². The van der Waals surface area contributed by atoms with Gasteiger partial charge >= 0.3 is 6.61 Å². The van der Waals surface area contributed by atoms with Gasteiger partial charge in [0.05, 0.1) is 12.2 Å². The van der Waals surface area contributed by atoms with Crippen molar-refractivity contribution in [2.45, 2.75) is 82.5 Å². The zero-order valence-corrected chi connectivity index (χ0v) is 24.7. The van der Waals surface area contributed by atoms with Crippen LogP contribution in [0.1, 0.15) is 66.7 Å². The van der Waals surface area contributed by atoms with E-state index in [1.54, 1.807) is 19.2 Å². The first-order valence-corrected chi connectivity index (χ1v) is 14.4. The Bertz CT molecular complexity index is 1370. The molecule has 0 spiro atoms. The molecule has 1 aliphatic carbocycles. The number of hydrogen-bond acceptors (Lipinski definition) is 6. The zero-order valence-electron chi connectivity index (χ0n) is 24.7. The molecular weight excluding hydrogens is 610 g/mol. The highest BCUT2D eigenvalue weighted by Gasteiger charge is 2.40. The Labute approximate surface area is 255 Å². The van der Waals surface area contributed by atoms with Crippen molar-refractivity contribution < 1.29 is 50.2 Å². The number of ether oxygens (including phenoxy) is 2. The second-order valence-corrected chi connectivity index (χ2v) is 11.1. The molecule has 2 heterocycles. The van der Waals surface area contributed by atoms with E-state index >= 15 is 0 Å². The molecule has 2 aliphatic rings. The molecule has 2 fully saturated rings. The van der Waals surface area contributed by atoms with E-state index < -0.39 is 61.0 Å². The Morgan fingerprint density at radius 3 is 2.44 bits per heavy atom. The van der Waals surface area contributed by atoms with Gasteiger partial charge < -0.3 is 24.6 Å². The summed E-state index contributed by atoms with van der Waals surface area (Å²) in [4.78, 5) is 45.8. The highest BCUT2D eigenvalue weighted by Crippen LogP contribution is 2.38. The van der Waals surface area contributed by atoms with E-state index in [0.29, 0.717) is 11.3 Å². The van der Waals surface area contributed by atoms with Gasteiger partial charge in [-0.3, -0.25) is 14.4 Å². The van der Waals surface area contributed by atoms with E-state index in [0.717, 1.165) is 6.07 Å². The van der Waals surface area contributed by atoms with Gasteiger partial charge in [0, 0.05) is 45.3 Å². The zero-order chi connectivity index (χ0) is 32.9. The number of hydrogen-bond donors (Lipinski definition) is 1. The van der Waals surface area contributed by atoms with Crippen molar-refractivity contribution in [3.63, 3.8) is 0 Å². The molecule has 9 nitrogen and oxygen atoms in total. The summed E-state index contributed by atoms with van der Waals surface area (Å²) in [7, 11) is 1.55. The minimum atomic E-state index is -3.21. The van der Waals surface area contributed by atoms with Crippen LogP contribution in [0.5, 0.6) is 11.5 Å². The third-order valence-electron chi connectivity index (χ3n) is 8.05. The molecule has 2 aromatic rings. The summed E-state index contributed by atoms with van der Waals surface area (Å²) in [6.45, 7) is -2.94. The summed E-state index contributed by atoms with van der Waals surface area (Å²) in [5, 5.41) is 2.73. The molecule has 3 amide bonds. The summed E-state index contributed by atoms with van der Waals surface area (Å²) < 4.78 is 87.6. The van der Waals surface area contributed by atoms with Crippen LogP contribution < -0.4 is 14.8 Å². The quantitative estimate of drug-likeness (QED) is 0.346. The van der Waals surface area contributed by atoms with Gasteiger partial charge in [-0.2, -0.15) is 8.78 Å². The molecule has 1 aromatic carbocycles. The third-order valence-corrected chi connectivity index (χ3v) is 8.05. The van der Waals surface area contributed by atoms with Crippen LogP contribution in [-0.4, -0.2) is 83.7 Å². The molecule has 1 saturated heterocycles. The maximum Gasteiger partial charge on any atom is 0.387 e. The number of nitrogens with one attached hydrogen (secondary N) is 1. The molecule has 1 saturated carbocycles. The molecule has 1 unspecified atom stereocenters. The van der Waals surface area contributed by atoms with Gasteiger partial charge in [0.15, 0.2) is 11.5 Å². The lowest BCUT2D eigenvalue weighted by molar-refractivity contribution is -0.136. The molecule has 1 aromatic heterocycles. The van der Waals surface area contributed by atoms with Gasteiger partial charge in [-0.1, -0.05) is 12.1 Å². The smallest absolute Gasteiger partial charge is 0.387 e. The standard InChI is InChI=1S/C30H34F6N4O5/c1-17(41)40-15-19(18-6-7-24(45-29(33)34)25(13-18)44-16-26(31)32)12-23(40)27(42)37-14-20-4-3-5-22(38-20)28(43)39(2)21-8-10-30(35,36)11-9-21/h3-7,13,19,21,23,26,29H,8-12,14-16H2,1-2H3,(H,37,42)/t19?,23-/m1/s1. The van der Waals surface area contributed by atoms with Crippen LogP contribution in [-0.2, 0) is 16.1 Å². The molecule has 1 N–H and O–H groups in total. The molecule has 2 atom stereocenters. The van der Waals surface area contributed by atoms with Gasteiger partial charge in [-0.05, 0) is 49.1 Å². The van der Waals surface area contributed by atoms with Crippen molar-refractivity contribution in [1.29, 1.82) is 0 Å². The topological polar surface area (TPSA) is 101 Å². The van der Waals surface area contributed by atoms with Crippen molar-refractivity contribution in [2.75, 3.05) is 20.2 Å². The Hall–Kier alpha value is -4.04. The molecule has 246 valence electrons. The first kappa shape index (κ1) is 33.8. The summed E-state index contributed by atoms with van der Waals surface area (Å²) >= 11 is 0. The summed E-state index contributed by atoms with van der Waals surface area (Å²) in [5.41, 5.74) is 0.926. The number of nitrogens with zero attached hydrogens (tertiary/aromatic N) is 3. The number of carbonyl (C=O) groups excluding carboxylic acids is 3. The maximum atomic E-state index is 13.5. The van der Waals surface area contributed by atoms with E-state index in [9.17, 15) is 40.7 Å². The number of halogens is 6. The molecule has 1 aliphatic heterocycles. The average Bonchev–Trinajstić information content (AvgIpc) is 3.45. The lowest BCUT2D eigenvalue weighted by atomic mass is 9.91. The van der Waals surface area contributed by atoms with Crippen molar-refractivity contribution in [2.24, 2.45) is 0 Å². The fourth-order valence-corrected chi connectivity index (χ4v) is 5.66. The van der Waals surface area contributed by atoms with Gasteiger partial charge in [0.2, 0.25) is 17.7 Å². The fraction of sp³-hybridized carbons (Fsp3) is 0.533. The van der Waals surface area contributed by atoms with E-state index in [1.807, 2.05) is 0 Å². The van der Waals surface area contributed by atoms with Crippen molar-refractivity contribution >= 4 is 17.7 Å². The summed E-state index contributed by atoms with van der Waals surface area (Å²) in [6, 6.07) is 7.33.